The smallest absolute Gasteiger partial charge is 0.416 e. The van der Waals surface area contributed by atoms with Gasteiger partial charge in [0.25, 0.3) is 0 Å². The molecular formula is C25H18F6N2O2. The third-order valence-electron chi connectivity index (χ3n) is 5.44. The maximum Gasteiger partial charge on any atom is 0.416 e. The fraction of sp³-hybridized carbons (Fsp3) is 0.160. The number of rotatable bonds is 4. The van der Waals surface area contributed by atoms with Gasteiger partial charge >= 0.3 is 12.4 Å². The molecule has 10 heteroatoms. The molecule has 4 nitrogen and oxygen atoms in total. The summed E-state index contributed by atoms with van der Waals surface area (Å²) in [4.78, 5) is 0. The maximum atomic E-state index is 13.5. The molecule has 0 fully saturated rings. The number of aromatic hydroxyl groups is 2. The van der Waals surface area contributed by atoms with Crippen LogP contribution in [-0.4, -0.2) is 20.0 Å². The van der Waals surface area contributed by atoms with Gasteiger partial charge in [0.15, 0.2) is 0 Å². The highest BCUT2D eigenvalue weighted by atomic mass is 19.4. The summed E-state index contributed by atoms with van der Waals surface area (Å²) in [5.74, 6) is -0.0762. The summed E-state index contributed by atoms with van der Waals surface area (Å²) in [6.07, 6.45) is -9.69. The molecule has 1 aromatic heterocycles. The van der Waals surface area contributed by atoms with Gasteiger partial charge in [0, 0.05) is 16.7 Å². The molecule has 0 radical (unpaired) electrons. The molecule has 0 saturated carbocycles. The van der Waals surface area contributed by atoms with Crippen molar-refractivity contribution in [3.63, 3.8) is 0 Å². The summed E-state index contributed by atoms with van der Waals surface area (Å²) in [5, 5.41) is 23.7. The Morgan fingerprint density at radius 1 is 0.714 bits per heavy atom. The summed E-state index contributed by atoms with van der Waals surface area (Å²) in [6.45, 7) is 1.78. The number of halogens is 6. The molecular weight excluding hydrogens is 474 g/mol. The highest BCUT2D eigenvalue weighted by molar-refractivity contribution is 5.76. The van der Waals surface area contributed by atoms with E-state index in [1.807, 2.05) is 0 Å². The lowest BCUT2D eigenvalue weighted by atomic mass is 9.99. The molecule has 4 rings (SSSR count). The third kappa shape index (κ3) is 4.82. The summed E-state index contributed by atoms with van der Waals surface area (Å²) in [7, 11) is 0. The van der Waals surface area contributed by atoms with E-state index < -0.39 is 29.2 Å². The first kappa shape index (κ1) is 24.2. The molecule has 3 aromatic carbocycles. The van der Waals surface area contributed by atoms with Crippen LogP contribution in [0.15, 0.2) is 66.7 Å². The van der Waals surface area contributed by atoms with Crippen molar-refractivity contribution in [2.45, 2.75) is 25.7 Å². The number of phenolic OH excluding ortho intramolecular Hbond substituents is 2. The van der Waals surface area contributed by atoms with Crippen LogP contribution in [0.3, 0.4) is 0 Å². The van der Waals surface area contributed by atoms with Gasteiger partial charge in [0.1, 0.15) is 11.5 Å². The van der Waals surface area contributed by atoms with Crippen LogP contribution in [0.5, 0.6) is 11.5 Å². The van der Waals surface area contributed by atoms with Crippen LogP contribution >= 0.6 is 0 Å². The topological polar surface area (TPSA) is 58.3 Å². The molecule has 0 aliphatic carbocycles. The Labute approximate surface area is 195 Å². The van der Waals surface area contributed by atoms with E-state index in [0.717, 1.165) is 4.68 Å². The quantitative estimate of drug-likeness (QED) is 0.296. The average molecular weight is 492 g/mol. The standard InChI is InChI=1S/C25H18F6N2O2/c1-2-21-22(14-3-7-19(34)8-4-14)32-33(23(21)15-5-9-20(35)10-6-15)18-12-16(24(26,27)28)11-17(13-18)25(29,30)31/h3-13,34-35H,2H2,1H3. The first-order valence-corrected chi connectivity index (χ1v) is 10.4. The van der Waals surface area contributed by atoms with Crippen LogP contribution in [0.25, 0.3) is 28.2 Å². The van der Waals surface area contributed by atoms with E-state index >= 15 is 0 Å². The second-order valence-electron chi connectivity index (χ2n) is 7.80. The van der Waals surface area contributed by atoms with Crippen molar-refractivity contribution >= 4 is 0 Å². The number of benzene rings is 3. The summed E-state index contributed by atoms with van der Waals surface area (Å²) in [5.41, 5.74) is -1.21. The Hall–Kier alpha value is -3.95. The molecule has 35 heavy (non-hydrogen) atoms. The Morgan fingerprint density at radius 3 is 1.60 bits per heavy atom. The van der Waals surface area contributed by atoms with E-state index in [1.165, 1.54) is 36.4 Å². The largest absolute Gasteiger partial charge is 0.508 e. The van der Waals surface area contributed by atoms with Gasteiger partial charge in [0.05, 0.1) is 28.2 Å². The van der Waals surface area contributed by atoms with Crippen molar-refractivity contribution in [2.75, 3.05) is 0 Å². The van der Waals surface area contributed by atoms with E-state index in [0.29, 0.717) is 40.9 Å². The molecule has 0 aliphatic rings. The predicted molar refractivity (Wildman–Crippen MR) is 117 cm³/mol. The third-order valence-corrected chi connectivity index (χ3v) is 5.44. The van der Waals surface area contributed by atoms with E-state index in [9.17, 15) is 36.6 Å². The van der Waals surface area contributed by atoms with Crippen molar-refractivity contribution in [3.05, 3.63) is 83.4 Å². The second-order valence-corrected chi connectivity index (χ2v) is 7.80. The van der Waals surface area contributed by atoms with Crippen molar-refractivity contribution in [2.24, 2.45) is 0 Å². The molecule has 0 bridgehead atoms. The number of nitrogens with zero attached hydrogens (tertiary/aromatic N) is 2. The van der Waals surface area contributed by atoms with Crippen LogP contribution in [-0.2, 0) is 18.8 Å². The van der Waals surface area contributed by atoms with Crippen LogP contribution < -0.4 is 0 Å². The van der Waals surface area contributed by atoms with Crippen molar-refractivity contribution in [1.29, 1.82) is 0 Å². The van der Waals surface area contributed by atoms with Gasteiger partial charge in [-0.05, 0) is 73.2 Å². The van der Waals surface area contributed by atoms with Gasteiger partial charge in [-0.25, -0.2) is 4.68 Å². The second kappa shape index (κ2) is 8.68. The fourth-order valence-corrected chi connectivity index (χ4v) is 3.80. The number of aromatic nitrogens is 2. The van der Waals surface area contributed by atoms with E-state index in [-0.39, 0.29) is 23.3 Å². The van der Waals surface area contributed by atoms with E-state index in [2.05, 4.69) is 5.10 Å². The zero-order valence-electron chi connectivity index (χ0n) is 18.1. The first-order valence-electron chi connectivity index (χ1n) is 10.4. The zero-order chi connectivity index (χ0) is 25.5. The minimum Gasteiger partial charge on any atom is -0.508 e. The molecule has 0 amide bonds. The first-order chi connectivity index (χ1) is 16.4. The highest BCUT2D eigenvalue weighted by Crippen LogP contribution is 2.40. The molecule has 1 heterocycles. The number of phenols is 2. The van der Waals surface area contributed by atoms with Crippen molar-refractivity contribution in [3.8, 4) is 39.7 Å². The van der Waals surface area contributed by atoms with E-state index in [1.54, 1.807) is 19.1 Å². The lowest BCUT2D eigenvalue weighted by molar-refractivity contribution is -0.143. The molecule has 182 valence electrons. The number of alkyl halides is 6. The Kier molecular flexibility index (Phi) is 6.00. The minimum absolute atomic E-state index is 0.0160. The summed E-state index contributed by atoms with van der Waals surface area (Å²) < 4.78 is 82.2. The lowest BCUT2D eigenvalue weighted by Crippen LogP contribution is -2.13. The summed E-state index contributed by atoms with van der Waals surface area (Å²) in [6, 6.07) is 12.9. The van der Waals surface area contributed by atoms with Gasteiger partial charge < -0.3 is 10.2 Å². The van der Waals surface area contributed by atoms with Crippen LogP contribution in [0, 0.1) is 0 Å². The average Bonchev–Trinajstić information content (AvgIpc) is 3.18. The number of hydrogen-bond donors (Lipinski definition) is 2. The Bertz CT molecular complexity index is 1320. The Morgan fingerprint density at radius 2 is 1.17 bits per heavy atom. The normalized spacial score (nSPS) is 12.2. The van der Waals surface area contributed by atoms with Gasteiger partial charge in [-0.2, -0.15) is 31.4 Å². The molecule has 0 aliphatic heterocycles. The van der Waals surface area contributed by atoms with Gasteiger partial charge in [-0.15, -0.1) is 0 Å². The van der Waals surface area contributed by atoms with Gasteiger partial charge in [-0.1, -0.05) is 6.92 Å². The molecule has 2 N–H and O–H groups in total. The lowest BCUT2D eigenvalue weighted by Gasteiger charge is -2.16. The molecule has 0 saturated heterocycles. The van der Waals surface area contributed by atoms with Crippen LogP contribution in [0.1, 0.15) is 23.6 Å². The molecule has 0 unspecified atom stereocenters. The molecule has 4 aromatic rings. The van der Waals surface area contributed by atoms with Crippen molar-refractivity contribution < 1.29 is 36.6 Å². The monoisotopic (exact) mass is 492 g/mol. The van der Waals surface area contributed by atoms with Crippen LogP contribution in [0.4, 0.5) is 26.3 Å². The summed E-state index contributed by atoms with van der Waals surface area (Å²) >= 11 is 0. The molecule has 0 atom stereocenters. The van der Waals surface area contributed by atoms with Crippen molar-refractivity contribution in [1.82, 2.24) is 9.78 Å². The van der Waals surface area contributed by atoms with Gasteiger partial charge in [-0.3, -0.25) is 0 Å². The zero-order valence-corrected chi connectivity index (χ0v) is 18.1. The minimum atomic E-state index is -5.02. The SMILES string of the molecule is CCc1c(-c2ccc(O)cc2)nn(-c2cc(C(F)(F)F)cc(C(F)(F)F)c2)c1-c1ccc(O)cc1. The molecule has 0 spiro atoms. The predicted octanol–water partition coefficient (Wildman–Crippen LogP) is 7.22. The highest BCUT2D eigenvalue weighted by Gasteiger charge is 2.37. The number of hydrogen-bond acceptors (Lipinski definition) is 3. The van der Waals surface area contributed by atoms with Crippen LogP contribution in [0.2, 0.25) is 0 Å². The Balaban J connectivity index is 2.07. The fourth-order valence-electron chi connectivity index (χ4n) is 3.80. The van der Waals surface area contributed by atoms with Gasteiger partial charge in [0.2, 0.25) is 0 Å². The van der Waals surface area contributed by atoms with E-state index in [4.69, 9.17) is 0 Å². The maximum absolute atomic E-state index is 13.5.